The lowest BCUT2D eigenvalue weighted by Gasteiger charge is -2.17. The number of carbonyl (C=O) groups excluding carboxylic acids is 2. The monoisotopic (exact) mass is 370 g/mol. The molecule has 2 aliphatic rings. The molecule has 8 heteroatoms. The van der Waals surface area contributed by atoms with Crippen molar-refractivity contribution >= 4 is 17.5 Å². The molecule has 1 fully saturated rings. The number of benzene rings is 1. The minimum absolute atomic E-state index is 0.0546. The third-order valence-corrected chi connectivity index (χ3v) is 4.79. The number of hydrogen-bond acceptors (Lipinski definition) is 5. The maximum atomic E-state index is 12.4. The predicted octanol–water partition coefficient (Wildman–Crippen LogP) is 1.48. The molecule has 27 heavy (non-hydrogen) atoms. The molecule has 8 nitrogen and oxygen atoms in total. The summed E-state index contributed by atoms with van der Waals surface area (Å²) in [6.07, 6.45) is 4.80. The highest BCUT2D eigenvalue weighted by Gasteiger charge is 2.35. The summed E-state index contributed by atoms with van der Waals surface area (Å²) in [5.41, 5.74) is 1.85. The number of fused-ring (bicyclic) bond motifs is 1. The average molecular weight is 370 g/mol. The van der Waals surface area contributed by atoms with Gasteiger partial charge in [0.2, 0.25) is 18.6 Å². The molecule has 1 aromatic heterocycles. The molecule has 1 saturated heterocycles. The zero-order valence-corrected chi connectivity index (χ0v) is 15.2. The first kappa shape index (κ1) is 17.4. The van der Waals surface area contributed by atoms with Gasteiger partial charge in [0, 0.05) is 44.0 Å². The molecule has 0 radical (unpaired) electrons. The number of aryl methyl sites for hydroxylation is 2. The molecular weight excluding hydrogens is 348 g/mol. The average Bonchev–Trinajstić information content (AvgIpc) is 3.37. The molecule has 1 aromatic carbocycles. The van der Waals surface area contributed by atoms with Crippen LogP contribution in [0.1, 0.15) is 18.4 Å². The van der Waals surface area contributed by atoms with E-state index in [4.69, 9.17) is 9.47 Å². The van der Waals surface area contributed by atoms with Crippen LogP contribution in [0.15, 0.2) is 30.6 Å². The van der Waals surface area contributed by atoms with Gasteiger partial charge >= 0.3 is 0 Å². The number of rotatable bonds is 6. The topological polar surface area (TPSA) is 85.7 Å². The van der Waals surface area contributed by atoms with Crippen molar-refractivity contribution in [3.63, 3.8) is 0 Å². The normalized spacial score (nSPS) is 18.2. The highest BCUT2D eigenvalue weighted by atomic mass is 16.7. The van der Waals surface area contributed by atoms with E-state index >= 15 is 0 Å². The zero-order valence-electron chi connectivity index (χ0n) is 15.2. The Labute approximate surface area is 157 Å². The minimum Gasteiger partial charge on any atom is -0.454 e. The van der Waals surface area contributed by atoms with Crippen LogP contribution in [0.3, 0.4) is 0 Å². The number of ether oxygens (including phenoxy) is 2. The summed E-state index contributed by atoms with van der Waals surface area (Å²) in [5.74, 6) is 0.827. The smallest absolute Gasteiger partial charge is 0.231 e. The number of hydrogen-bond donors (Lipinski definition) is 1. The van der Waals surface area contributed by atoms with Crippen molar-refractivity contribution in [2.75, 3.05) is 24.8 Å². The van der Waals surface area contributed by atoms with Crippen molar-refractivity contribution in [3.8, 4) is 11.5 Å². The van der Waals surface area contributed by atoms with E-state index in [-0.39, 0.29) is 30.9 Å². The number of carbonyl (C=O) groups is 2. The van der Waals surface area contributed by atoms with Crippen molar-refractivity contribution in [1.29, 1.82) is 0 Å². The Hall–Kier alpha value is -3.03. The Balaban J connectivity index is 1.28. The second-order valence-corrected chi connectivity index (χ2v) is 6.87. The van der Waals surface area contributed by atoms with Gasteiger partial charge in [-0.2, -0.15) is 5.10 Å². The van der Waals surface area contributed by atoms with E-state index in [0.717, 1.165) is 24.2 Å². The van der Waals surface area contributed by atoms with E-state index in [2.05, 4.69) is 10.4 Å². The third kappa shape index (κ3) is 3.74. The van der Waals surface area contributed by atoms with Crippen LogP contribution >= 0.6 is 0 Å². The summed E-state index contributed by atoms with van der Waals surface area (Å²) in [5, 5.41) is 7.15. The van der Waals surface area contributed by atoms with Gasteiger partial charge in [-0.05, 0) is 31.0 Å². The summed E-state index contributed by atoms with van der Waals surface area (Å²) in [4.78, 5) is 26.4. The quantitative estimate of drug-likeness (QED) is 0.779. The maximum absolute atomic E-state index is 12.4. The summed E-state index contributed by atoms with van der Waals surface area (Å²) in [6.45, 7) is 3.88. The van der Waals surface area contributed by atoms with Crippen LogP contribution in [0.5, 0.6) is 11.5 Å². The van der Waals surface area contributed by atoms with E-state index in [9.17, 15) is 9.59 Å². The molecule has 3 heterocycles. The second-order valence-electron chi connectivity index (χ2n) is 6.87. The largest absolute Gasteiger partial charge is 0.454 e. The Morgan fingerprint density at radius 3 is 3.00 bits per heavy atom. The SMILES string of the molecule is Cc1cnn(CCCNC(=O)C2CC(=O)N(c3ccc4c(c3)OCO4)C2)c1. The highest BCUT2D eigenvalue weighted by Crippen LogP contribution is 2.37. The highest BCUT2D eigenvalue weighted by molar-refractivity contribution is 6.00. The number of aromatic nitrogens is 2. The summed E-state index contributed by atoms with van der Waals surface area (Å²) in [6, 6.07) is 5.39. The number of nitrogens with zero attached hydrogens (tertiary/aromatic N) is 3. The van der Waals surface area contributed by atoms with Crippen LogP contribution in [0.25, 0.3) is 0 Å². The number of nitrogens with one attached hydrogen (secondary N) is 1. The van der Waals surface area contributed by atoms with Gasteiger partial charge < -0.3 is 19.7 Å². The van der Waals surface area contributed by atoms with Gasteiger partial charge in [0.05, 0.1) is 12.1 Å². The van der Waals surface area contributed by atoms with Crippen LogP contribution in [0, 0.1) is 12.8 Å². The van der Waals surface area contributed by atoms with Gasteiger partial charge in [0.15, 0.2) is 11.5 Å². The first-order chi connectivity index (χ1) is 13.1. The van der Waals surface area contributed by atoms with Crippen LogP contribution in [-0.4, -0.2) is 41.5 Å². The molecule has 0 aliphatic carbocycles. The van der Waals surface area contributed by atoms with Crippen molar-refractivity contribution in [3.05, 3.63) is 36.2 Å². The standard InChI is InChI=1S/C19H22N4O4/c1-13-9-21-22(10-13)6-2-5-20-19(25)14-7-18(24)23(11-14)15-3-4-16-17(8-15)27-12-26-16/h3-4,8-10,14H,2,5-7,11-12H2,1H3,(H,20,25). The molecule has 0 bridgehead atoms. The minimum atomic E-state index is -0.338. The fourth-order valence-electron chi connectivity index (χ4n) is 3.37. The molecular formula is C19H22N4O4. The first-order valence-electron chi connectivity index (χ1n) is 9.07. The molecule has 2 aromatic rings. The lowest BCUT2D eigenvalue weighted by atomic mass is 10.1. The Morgan fingerprint density at radius 1 is 1.33 bits per heavy atom. The van der Waals surface area contributed by atoms with E-state index in [1.54, 1.807) is 17.0 Å². The molecule has 0 spiro atoms. The van der Waals surface area contributed by atoms with Crippen LogP contribution in [0.2, 0.25) is 0 Å². The second kappa shape index (κ2) is 7.30. The van der Waals surface area contributed by atoms with E-state index < -0.39 is 0 Å². The molecule has 2 amide bonds. The maximum Gasteiger partial charge on any atom is 0.231 e. The fraction of sp³-hybridized carbons (Fsp3) is 0.421. The Morgan fingerprint density at radius 2 is 2.19 bits per heavy atom. The first-order valence-corrected chi connectivity index (χ1v) is 9.07. The van der Waals surface area contributed by atoms with Gasteiger partial charge in [0.1, 0.15) is 0 Å². The van der Waals surface area contributed by atoms with E-state index in [1.807, 2.05) is 30.1 Å². The van der Waals surface area contributed by atoms with Gasteiger partial charge in [-0.3, -0.25) is 14.3 Å². The fourth-order valence-corrected chi connectivity index (χ4v) is 3.37. The van der Waals surface area contributed by atoms with Crippen LogP contribution in [-0.2, 0) is 16.1 Å². The third-order valence-electron chi connectivity index (χ3n) is 4.79. The molecule has 142 valence electrons. The van der Waals surface area contributed by atoms with Crippen molar-refractivity contribution in [1.82, 2.24) is 15.1 Å². The predicted molar refractivity (Wildman–Crippen MR) is 97.6 cm³/mol. The van der Waals surface area contributed by atoms with Crippen LogP contribution < -0.4 is 19.7 Å². The van der Waals surface area contributed by atoms with Gasteiger partial charge in [-0.25, -0.2) is 0 Å². The van der Waals surface area contributed by atoms with Crippen molar-refractivity contribution < 1.29 is 19.1 Å². The van der Waals surface area contributed by atoms with Crippen LogP contribution in [0.4, 0.5) is 5.69 Å². The molecule has 1 unspecified atom stereocenters. The summed E-state index contributed by atoms with van der Waals surface area (Å²) >= 11 is 0. The zero-order chi connectivity index (χ0) is 18.8. The van der Waals surface area contributed by atoms with Gasteiger partial charge in [-0.1, -0.05) is 0 Å². The molecule has 1 N–H and O–H groups in total. The summed E-state index contributed by atoms with van der Waals surface area (Å²) in [7, 11) is 0. The molecule has 4 rings (SSSR count). The van der Waals surface area contributed by atoms with Gasteiger partial charge in [-0.15, -0.1) is 0 Å². The number of anilines is 1. The Kier molecular flexibility index (Phi) is 4.70. The van der Waals surface area contributed by atoms with E-state index in [0.29, 0.717) is 24.6 Å². The van der Waals surface area contributed by atoms with Crippen molar-refractivity contribution in [2.24, 2.45) is 5.92 Å². The lowest BCUT2D eigenvalue weighted by Crippen LogP contribution is -2.33. The Bertz CT molecular complexity index is 863. The summed E-state index contributed by atoms with van der Waals surface area (Å²) < 4.78 is 12.5. The van der Waals surface area contributed by atoms with Crippen molar-refractivity contribution in [2.45, 2.75) is 26.3 Å². The molecule has 2 aliphatic heterocycles. The molecule has 0 saturated carbocycles. The van der Waals surface area contributed by atoms with Gasteiger partial charge in [0.25, 0.3) is 0 Å². The number of amides is 2. The lowest BCUT2D eigenvalue weighted by molar-refractivity contribution is -0.126. The molecule has 1 atom stereocenters. The van der Waals surface area contributed by atoms with E-state index in [1.165, 1.54) is 0 Å².